The molecule has 12 heteroatoms. The number of halogens is 5. The standard InChI is InChI=1S/C22H19Cl2F3N4O3/c1-33-12-4-6-15(18(8-12)34-2)29-21(32)17-10-20-28-16(11-3-5-13(23)14(24)7-11)9-19(22(25,26)27)31(20)30-17/h3-8,10,16,19,28H,9H2,1-2H3,(H,29,32). The predicted molar refractivity (Wildman–Crippen MR) is 122 cm³/mol. The molecule has 2 atom stereocenters. The van der Waals surface area contributed by atoms with Crippen molar-refractivity contribution < 1.29 is 27.4 Å². The van der Waals surface area contributed by atoms with Crippen LogP contribution in [0.3, 0.4) is 0 Å². The van der Waals surface area contributed by atoms with Crippen LogP contribution in [0.2, 0.25) is 10.0 Å². The van der Waals surface area contributed by atoms with Gasteiger partial charge in [0.1, 0.15) is 17.3 Å². The predicted octanol–water partition coefficient (Wildman–Crippen LogP) is 6.12. The Labute approximate surface area is 202 Å². The topological polar surface area (TPSA) is 77.4 Å². The van der Waals surface area contributed by atoms with Gasteiger partial charge in [-0.05, 0) is 29.8 Å². The van der Waals surface area contributed by atoms with E-state index in [9.17, 15) is 18.0 Å². The lowest BCUT2D eigenvalue weighted by atomic mass is 9.97. The van der Waals surface area contributed by atoms with E-state index in [0.29, 0.717) is 27.8 Å². The highest BCUT2D eigenvalue weighted by molar-refractivity contribution is 6.42. The number of nitrogens with zero attached hydrogens (tertiary/aromatic N) is 2. The van der Waals surface area contributed by atoms with Gasteiger partial charge < -0.3 is 20.1 Å². The minimum Gasteiger partial charge on any atom is -0.497 e. The average Bonchev–Trinajstić information content (AvgIpc) is 3.24. The summed E-state index contributed by atoms with van der Waals surface area (Å²) in [6.45, 7) is 0. The summed E-state index contributed by atoms with van der Waals surface area (Å²) in [6, 6.07) is 7.99. The van der Waals surface area contributed by atoms with Gasteiger partial charge in [-0.2, -0.15) is 18.3 Å². The van der Waals surface area contributed by atoms with Crippen LogP contribution in [-0.2, 0) is 0 Å². The molecule has 1 aliphatic rings. The lowest BCUT2D eigenvalue weighted by Gasteiger charge is -2.33. The summed E-state index contributed by atoms with van der Waals surface area (Å²) in [5, 5.41) is 10.1. The second kappa shape index (κ2) is 9.27. The molecule has 0 fully saturated rings. The first-order chi connectivity index (χ1) is 16.1. The van der Waals surface area contributed by atoms with E-state index in [0.717, 1.165) is 4.68 Å². The molecule has 1 amide bonds. The number of fused-ring (bicyclic) bond motifs is 1. The van der Waals surface area contributed by atoms with Crippen molar-refractivity contribution in [3.63, 3.8) is 0 Å². The molecule has 34 heavy (non-hydrogen) atoms. The Balaban J connectivity index is 1.64. The summed E-state index contributed by atoms with van der Waals surface area (Å²) in [5.74, 6) is 0.191. The molecule has 0 saturated carbocycles. The molecule has 1 aliphatic heterocycles. The first-order valence-electron chi connectivity index (χ1n) is 10.0. The molecular weight excluding hydrogens is 496 g/mol. The molecule has 0 radical (unpaired) electrons. The van der Waals surface area contributed by atoms with Crippen molar-refractivity contribution in [3.8, 4) is 11.5 Å². The van der Waals surface area contributed by atoms with E-state index in [1.54, 1.807) is 24.3 Å². The highest BCUT2D eigenvalue weighted by atomic mass is 35.5. The van der Waals surface area contributed by atoms with Crippen molar-refractivity contribution in [2.75, 3.05) is 24.9 Å². The van der Waals surface area contributed by atoms with Crippen molar-refractivity contribution in [2.24, 2.45) is 0 Å². The summed E-state index contributed by atoms with van der Waals surface area (Å²) in [7, 11) is 2.90. The van der Waals surface area contributed by atoms with E-state index in [-0.39, 0.29) is 23.0 Å². The molecule has 2 unspecified atom stereocenters. The number of carbonyl (C=O) groups excluding carboxylic acids is 1. The number of amides is 1. The molecule has 7 nitrogen and oxygen atoms in total. The lowest BCUT2D eigenvalue weighted by molar-refractivity contribution is -0.173. The largest absolute Gasteiger partial charge is 0.497 e. The molecule has 180 valence electrons. The van der Waals surface area contributed by atoms with Gasteiger partial charge in [-0.15, -0.1) is 0 Å². The Morgan fingerprint density at radius 1 is 1.12 bits per heavy atom. The van der Waals surface area contributed by atoms with Crippen molar-refractivity contribution in [1.82, 2.24) is 9.78 Å². The molecule has 2 N–H and O–H groups in total. The Morgan fingerprint density at radius 2 is 1.88 bits per heavy atom. The summed E-state index contributed by atoms with van der Waals surface area (Å²) >= 11 is 12.0. The Bertz CT molecular complexity index is 1230. The van der Waals surface area contributed by atoms with Crippen LogP contribution in [0.1, 0.15) is 34.6 Å². The monoisotopic (exact) mass is 514 g/mol. The first kappa shape index (κ1) is 24.0. The second-order valence-electron chi connectivity index (χ2n) is 7.54. The fourth-order valence-corrected chi connectivity index (χ4v) is 4.03. The van der Waals surface area contributed by atoms with Gasteiger partial charge in [0, 0.05) is 18.6 Å². The minimum atomic E-state index is -4.59. The van der Waals surface area contributed by atoms with Gasteiger partial charge in [0.05, 0.1) is 36.0 Å². The van der Waals surface area contributed by atoms with Gasteiger partial charge >= 0.3 is 6.18 Å². The molecule has 0 saturated heterocycles. The molecule has 1 aromatic heterocycles. The molecule has 3 aromatic rings. The van der Waals surface area contributed by atoms with Gasteiger partial charge in [0.25, 0.3) is 5.91 Å². The zero-order valence-electron chi connectivity index (χ0n) is 17.9. The van der Waals surface area contributed by atoms with Crippen LogP contribution in [0, 0.1) is 0 Å². The maximum atomic E-state index is 13.9. The SMILES string of the molecule is COc1ccc(NC(=O)c2cc3n(n2)C(C(F)(F)F)CC(c2ccc(Cl)c(Cl)c2)N3)c(OC)c1. The normalized spacial score (nSPS) is 17.5. The summed E-state index contributed by atoms with van der Waals surface area (Å²) < 4.78 is 52.9. The number of ether oxygens (including phenoxy) is 2. The number of benzene rings is 2. The van der Waals surface area contributed by atoms with E-state index in [1.165, 1.54) is 32.4 Å². The van der Waals surface area contributed by atoms with Crippen molar-refractivity contribution in [2.45, 2.75) is 24.7 Å². The third kappa shape index (κ3) is 4.74. The fourth-order valence-electron chi connectivity index (χ4n) is 3.72. The van der Waals surface area contributed by atoms with Crippen LogP contribution < -0.4 is 20.1 Å². The Hall–Kier alpha value is -3.11. The highest BCUT2D eigenvalue weighted by Crippen LogP contribution is 2.44. The Kier molecular flexibility index (Phi) is 6.55. The van der Waals surface area contributed by atoms with Crippen LogP contribution in [0.25, 0.3) is 0 Å². The number of aromatic nitrogens is 2. The first-order valence-corrected chi connectivity index (χ1v) is 10.8. The number of carbonyl (C=O) groups is 1. The smallest absolute Gasteiger partial charge is 0.410 e. The van der Waals surface area contributed by atoms with Crippen molar-refractivity contribution >= 4 is 40.6 Å². The molecule has 0 aliphatic carbocycles. The number of methoxy groups -OCH3 is 2. The Morgan fingerprint density at radius 3 is 2.53 bits per heavy atom. The van der Waals surface area contributed by atoms with Crippen molar-refractivity contribution in [3.05, 3.63) is 63.8 Å². The van der Waals surface area contributed by atoms with Crippen LogP contribution >= 0.6 is 23.2 Å². The number of hydrogen-bond acceptors (Lipinski definition) is 5. The summed E-state index contributed by atoms with van der Waals surface area (Å²) in [6.07, 6.45) is -4.94. The van der Waals surface area contributed by atoms with E-state index < -0.39 is 24.2 Å². The molecular formula is C22H19Cl2F3N4O3. The van der Waals surface area contributed by atoms with Crippen LogP contribution in [-0.4, -0.2) is 36.1 Å². The van der Waals surface area contributed by atoms with E-state index in [4.69, 9.17) is 32.7 Å². The quantitative estimate of drug-likeness (QED) is 0.428. The van der Waals surface area contributed by atoms with E-state index >= 15 is 0 Å². The van der Waals surface area contributed by atoms with Gasteiger partial charge in [-0.1, -0.05) is 29.3 Å². The fraction of sp³-hybridized carbons (Fsp3) is 0.273. The number of nitrogens with one attached hydrogen (secondary N) is 2. The molecule has 2 heterocycles. The zero-order valence-corrected chi connectivity index (χ0v) is 19.4. The average molecular weight is 515 g/mol. The highest BCUT2D eigenvalue weighted by Gasteiger charge is 2.47. The molecule has 4 rings (SSSR count). The zero-order chi connectivity index (χ0) is 24.6. The van der Waals surface area contributed by atoms with E-state index in [2.05, 4.69) is 15.7 Å². The third-order valence-electron chi connectivity index (χ3n) is 5.43. The van der Waals surface area contributed by atoms with E-state index in [1.807, 2.05) is 0 Å². The van der Waals surface area contributed by atoms with Gasteiger partial charge in [0.15, 0.2) is 11.7 Å². The van der Waals surface area contributed by atoms with Gasteiger partial charge in [-0.3, -0.25) is 4.79 Å². The van der Waals surface area contributed by atoms with Crippen LogP contribution in [0.15, 0.2) is 42.5 Å². The second-order valence-corrected chi connectivity index (χ2v) is 8.36. The molecule has 2 aromatic carbocycles. The maximum Gasteiger partial charge on any atom is 0.410 e. The maximum absolute atomic E-state index is 13.9. The summed E-state index contributed by atoms with van der Waals surface area (Å²) in [4.78, 5) is 12.8. The molecule has 0 spiro atoms. The number of rotatable bonds is 5. The number of anilines is 2. The number of alkyl halides is 3. The summed E-state index contributed by atoms with van der Waals surface area (Å²) in [5.41, 5.74) is 0.655. The third-order valence-corrected chi connectivity index (χ3v) is 6.16. The van der Waals surface area contributed by atoms with Crippen LogP contribution in [0.5, 0.6) is 11.5 Å². The number of hydrogen-bond donors (Lipinski definition) is 2. The molecule has 0 bridgehead atoms. The van der Waals surface area contributed by atoms with Gasteiger partial charge in [-0.25, -0.2) is 4.68 Å². The van der Waals surface area contributed by atoms with Crippen molar-refractivity contribution in [1.29, 1.82) is 0 Å². The lowest BCUT2D eigenvalue weighted by Crippen LogP contribution is -2.35. The van der Waals surface area contributed by atoms with Gasteiger partial charge in [0.2, 0.25) is 0 Å². The minimum absolute atomic E-state index is 0.0523. The van der Waals surface area contributed by atoms with Crippen LogP contribution in [0.4, 0.5) is 24.7 Å².